The van der Waals surface area contributed by atoms with Gasteiger partial charge < -0.3 is 29.7 Å². The van der Waals surface area contributed by atoms with E-state index in [2.05, 4.69) is 36.0 Å². The molecular formula is C39H53FN4O4. The lowest BCUT2D eigenvalue weighted by molar-refractivity contribution is -0.160. The van der Waals surface area contributed by atoms with E-state index in [1.165, 1.54) is 12.1 Å². The Hall–Kier alpha value is -3.69. The monoisotopic (exact) mass is 660 g/mol. The van der Waals surface area contributed by atoms with Gasteiger partial charge in [0.05, 0.1) is 17.9 Å². The van der Waals surface area contributed by atoms with E-state index in [-0.39, 0.29) is 17.3 Å². The molecule has 48 heavy (non-hydrogen) atoms. The van der Waals surface area contributed by atoms with Crippen molar-refractivity contribution in [3.8, 4) is 16.9 Å². The summed E-state index contributed by atoms with van der Waals surface area (Å²) in [7, 11) is 2.15. The summed E-state index contributed by atoms with van der Waals surface area (Å²) < 4.78 is 25.7. The Kier molecular flexibility index (Phi) is 11.0. The summed E-state index contributed by atoms with van der Waals surface area (Å²) in [6.45, 7) is 16.3. The number of nitrogens with zero attached hydrogens (tertiary/aromatic N) is 3. The van der Waals surface area contributed by atoms with Gasteiger partial charge in [0.1, 0.15) is 17.4 Å². The zero-order valence-corrected chi connectivity index (χ0v) is 29.7. The van der Waals surface area contributed by atoms with Crippen LogP contribution in [0.3, 0.4) is 0 Å². The standard InChI is InChI=1S/C39H53FN4O4/c1-26-32(35(37(45)46)48-38(2,3)4)34(44-23-19-39(5,6)20-24-44)33(36(41-26)42-30-16-21-43(7)22-17-30)28-10-14-31(15-11-28)47-25-18-27-8-12-29(40)13-9-27/h8-15,30,35H,16-25H2,1-7H3,(H,41,42)(H,45,46)/t35-/m0/s1. The Balaban J connectivity index is 1.58. The Morgan fingerprint density at radius 3 is 2.25 bits per heavy atom. The number of hydrogen-bond donors (Lipinski definition) is 2. The first kappa shape index (κ1) is 35.6. The van der Waals surface area contributed by atoms with Crippen molar-refractivity contribution in [3.63, 3.8) is 0 Å². The second-order valence-electron chi connectivity index (χ2n) is 15.3. The third-order valence-electron chi connectivity index (χ3n) is 9.56. The van der Waals surface area contributed by atoms with Crippen LogP contribution in [0.15, 0.2) is 48.5 Å². The second-order valence-corrected chi connectivity index (χ2v) is 15.3. The molecule has 2 aliphatic rings. The molecule has 2 aliphatic heterocycles. The smallest absolute Gasteiger partial charge is 0.337 e. The number of nitrogens with one attached hydrogen (secondary N) is 1. The van der Waals surface area contributed by atoms with Crippen LogP contribution in [0.4, 0.5) is 15.9 Å². The fourth-order valence-corrected chi connectivity index (χ4v) is 6.65. The van der Waals surface area contributed by atoms with Crippen LogP contribution in [0.1, 0.15) is 83.2 Å². The lowest BCUT2D eigenvalue weighted by Gasteiger charge is -2.41. The maximum Gasteiger partial charge on any atom is 0.337 e. The van der Waals surface area contributed by atoms with Gasteiger partial charge in [0, 0.05) is 42.4 Å². The lowest BCUT2D eigenvalue weighted by atomic mass is 9.82. The van der Waals surface area contributed by atoms with Crippen molar-refractivity contribution in [1.29, 1.82) is 0 Å². The predicted octanol–water partition coefficient (Wildman–Crippen LogP) is 7.89. The fourth-order valence-electron chi connectivity index (χ4n) is 6.65. The second kappa shape index (κ2) is 14.8. The molecule has 0 saturated carbocycles. The van der Waals surface area contributed by atoms with Crippen LogP contribution in [0.25, 0.3) is 11.1 Å². The average Bonchev–Trinajstić information content (AvgIpc) is 3.02. The lowest BCUT2D eigenvalue weighted by Crippen LogP contribution is -2.40. The van der Waals surface area contributed by atoms with Gasteiger partial charge in [-0.05, 0) is 114 Å². The highest BCUT2D eigenvalue weighted by Gasteiger charge is 2.37. The number of carboxylic acid groups (broad SMARTS) is 1. The molecule has 8 nitrogen and oxygen atoms in total. The Morgan fingerprint density at radius 1 is 1.04 bits per heavy atom. The van der Waals surface area contributed by atoms with Crippen molar-refractivity contribution in [2.24, 2.45) is 5.41 Å². The fraction of sp³-hybridized carbons (Fsp3) is 0.538. The van der Waals surface area contributed by atoms with Crippen LogP contribution in [-0.4, -0.2) is 72.4 Å². The summed E-state index contributed by atoms with van der Waals surface area (Å²) in [5.74, 6) is 0.225. The van der Waals surface area contributed by atoms with E-state index in [0.29, 0.717) is 24.3 Å². The van der Waals surface area contributed by atoms with E-state index in [1.54, 1.807) is 12.1 Å². The van der Waals surface area contributed by atoms with Gasteiger partial charge in [-0.3, -0.25) is 0 Å². The number of benzene rings is 2. The Bertz CT molecular complexity index is 1530. The van der Waals surface area contributed by atoms with Crippen LogP contribution in [0.5, 0.6) is 5.75 Å². The largest absolute Gasteiger partial charge is 0.493 e. The molecule has 0 radical (unpaired) electrons. The van der Waals surface area contributed by atoms with Crippen LogP contribution < -0.4 is 15.0 Å². The number of carbonyl (C=O) groups is 1. The first-order valence-electron chi connectivity index (χ1n) is 17.3. The number of halogens is 1. The van der Waals surface area contributed by atoms with E-state index < -0.39 is 17.7 Å². The minimum atomic E-state index is -1.19. The van der Waals surface area contributed by atoms with E-state index in [1.807, 2.05) is 52.0 Å². The SMILES string of the molecule is Cc1nc(NC2CCN(C)CC2)c(-c2ccc(OCCc3ccc(F)cc3)cc2)c(N2CCC(C)(C)CC2)c1[C@H](OC(C)(C)C)C(=O)O. The maximum atomic E-state index is 13.3. The van der Waals surface area contributed by atoms with Gasteiger partial charge in [-0.25, -0.2) is 14.2 Å². The Morgan fingerprint density at radius 2 is 1.67 bits per heavy atom. The number of anilines is 2. The van der Waals surface area contributed by atoms with E-state index in [0.717, 1.165) is 85.8 Å². The van der Waals surface area contributed by atoms with Crippen molar-refractivity contribution in [2.75, 3.05) is 50.1 Å². The molecule has 1 atom stereocenters. The van der Waals surface area contributed by atoms with Crippen molar-refractivity contribution in [2.45, 2.75) is 91.4 Å². The molecule has 0 unspecified atom stereocenters. The minimum Gasteiger partial charge on any atom is -0.493 e. The van der Waals surface area contributed by atoms with Gasteiger partial charge in [-0.1, -0.05) is 38.1 Å². The highest BCUT2D eigenvalue weighted by Crippen LogP contribution is 2.47. The van der Waals surface area contributed by atoms with Gasteiger partial charge in [-0.15, -0.1) is 0 Å². The van der Waals surface area contributed by atoms with E-state index in [9.17, 15) is 14.3 Å². The number of ether oxygens (including phenoxy) is 2. The third-order valence-corrected chi connectivity index (χ3v) is 9.56. The van der Waals surface area contributed by atoms with Crippen LogP contribution in [-0.2, 0) is 16.0 Å². The molecular weight excluding hydrogens is 607 g/mol. The molecule has 5 rings (SSSR count). The summed E-state index contributed by atoms with van der Waals surface area (Å²) in [6, 6.07) is 14.7. The first-order valence-corrected chi connectivity index (χ1v) is 17.3. The molecule has 0 bridgehead atoms. The molecule has 260 valence electrons. The minimum absolute atomic E-state index is 0.203. The maximum absolute atomic E-state index is 13.3. The molecule has 0 amide bonds. The zero-order chi connectivity index (χ0) is 34.6. The molecule has 2 fully saturated rings. The van der Waals surface area contributed by atoms with Crippen molar-refractivity contribution < 1.29 is 23.8 Å². The van der Waals surface area contributed by atoms with E-state index in [4.69, 9.17) is 14.5 Å². The van der Waals surface area contributed by atoms with Gasteiger partial charge in [0.15, 0.2) is 6.10 Å². The van der Waals surface area contributed by atoms with Crippen LogP contribution in [0, 0.1) is 18.2 Å². The summed E-state index contributed by atoms with van der Waals surface area (Å²) in [5, 5.41) is 14.4. The van der Waals surface area contributed by atoms with Crippen LogP contribution in [0.2, 0.25) is 0 Å². The molecule has 0 spiro atoms. The summed E-state index contributed by atoms with van der Waals surface area (Å²) in [6.07, 6.45) is 3.45. The molecule has 9 heteroatoms. The number of carboxylic acids is 1. The van der Waals surface area contributed by atoms with E-state index >= 15 is 0 Å². The first-order chi connectivity index (χ1) is 22.7. The average molecular weight is 661 g/mol. The Labute approximate surface area is 285 Å². The molecule has 2 saturated heterocycles. The van der Waals surface area contributed by atoms with Crippen molar-refractivity contribution >= 4 is 17.5 Å². The number of likely N-dealkylation sites (tertiary alicyclic amines) is 1. The normalized spacial score (nSPS) is 18.0. The summed E-state index contributed by atoms with van der Waals surface area (Å²) in [5.41, 5.74) is 4.52. The number of pyridine rings is 1. The quantitative estimate of drug-likeness (QED) is 0.215. The van der Waals surface area contributed by atoms with Gasteiger partial charge >= 0.3 is 5.97 Å². The highest BCUT2D eigenvalue weighted by atomic mass is 19.1. The third kappa shape index (κ3) is 9.05. The summed E-state index contributed by atoms with van der Waals surface area (Å²) in [4.78, 5) is 22.8. The molecule has 2 aromatic carbocycles. The van der Waals surface area contributed by atoms with Crippen LogP contribution >= 0.6 is 0 Å². The van der Waals surface area contributed by atoms with Crippen molar-refractivity contribution in [1.82, 2.24) is 9.88 Å². The molecule has 0 aliphatic carbocycles. The zero-order valence-electron chi connectivity index (χ0n) is 29.7. The van der Waals surface area contributed by atoms with Crippen molar-refractivity contribution in [3.05, 3.63) is 71.2 Å². The summed E-state index contributed by atoms with van der Waals surface area (Å²) >= 11 is 0. The number of aliphatic carboxylic acids is 1. The number of aryl methyl sites for hydroxylation is 1. The van der Waals surface area contributed by atoms with Gasteiger partial charge in [-0.2, -0.15) is 0 Å². The molecule has 1 aromatic heterocycles. The van der Waals surface area contributed by atoms with Gasteiger partial charge in [0.2, 0.25) is 0 Å². The number of hydrogen-bond acceptors (Lipinski definition) is 7. The van der Waals surface area contributed by atoms with Gasteiger partial charge in [0.25, 0.3) is 0 Å². The number of aromatic nitrogens is 1. The number of rotatable bonds is 11. The molecule has 3 aromatic rings. The highest BCUT2D eigenvalue weighted by molar-refractivity contribution is 5.92. The predicted molar refractivity (Wildman–Crippen MR) is 191 cm³/mol. The number of piperidine rings is 2. The molecule has 2 N–H and O–H groups in total. The topological polar surface area (TPSA) is 87.2 Å². The molecule has 3 heterocycles.